The normalized spacial score (nSPS) is 10.8. The molecule has 94 valence electrons. The molecule has 3 rings (SSSR count). The van der Waals surface area contributed by atoms with E-state index in [2.05, 4.69) is 4.98 Å². The molecule has 0 saturated carbocycles. The van der Waals surface area contributed by atoms with E-state index in [1.165, 1.54) is 0 Å². The Labute approximate surface area is 110 Å². The first-order valence-corrected chi connectivity index (χ1v) is 6.01. The summed E-state index contributed by atoms with van der Waals surface area (Å²) < 4.78 is 0.634. The van der Waals surface area contributed by atoms with Crippen molar-refractivity contribution in [2.75, 3.05) is 5.73 Å². The van der Waals surface area contributed by atoms with Crippen LogP contribution in [0.3, 0.4) is 0 Å². The molecule has 0 atom stereocenters. The fourth-order valence-corrected chi connectivity index (χ4v) is 2.23. The summed E-state index contributed by atoms with van der Waals surface area (Å²) in [5, 5.41) is 13.8. The van der Waals surface area contributed by atoms with Crippen molar-refractivity contribution in [2.45, 2.75) is 6.92 Å². The van der Waals surface area contributed by atoms with Crippen LogP contribution in [0.25, 0.3) is 22.0 Å². The second-order valence-electron chi connectivity index (χ2n) is 4.46. The van der Waals surface area contributed by atoms with Crippen LogP contribution in [-0.2, 0) is 0 Å². The monoisotopic (exact) mass is 251 g/mol. The molecule has 4 nitrogen and oxygen atoms in total. The Morgan fingerprint density at radius 1 is 1.11 bits per heavy atom. The number of nitrogen functional groups attached to an aromatic ring is 1. The number of nitrogens with two attached hydrogens (primary N) is 1. The average Bonchev–Trinajstić information content (AvgIpc) is 2.43. The van der Waals surface area contributed by atoms with Crippen LogP contribution < -0.4 is 10.5 Å². The molecule has 2 N–H and O–H groups in total. The molecule has 1 aromatic heterocycles. The van der Waals surface area contributed by atoms with Crippen LogP contribution in [0.2, 0.25) is 0 Å². The topological polar surface area (TPSA) is 65.8 Å². The summed E-state index contributed by atoms with van der Waals surface area (Å²) in [6, 6.07) is 15.8. The lowest BCUT2D eigenvalue weighted by molar-refractivity contribution is -0.599. The zero-order chi connectivity index (χ0) is 13.4. The molecule has 2 aromatic carbocycles. The van der Waals surface area contributed by atoms with E-state index in [1.807, 2.05) is 42.5 Å². The Kier molecular flexibility index (Phi) is 2.56. The van der Waals surface area contributed by atoms with Crippen molar-refractivity contribution in [1.82, 2.24) is 4.98 Å². The second-order valence-corrected chi connectivity index (χ2v) is 4.46. The standard InChI is InChI=1S/C15H13N3O/c1-10-9-14(17-15(16)18(10)19)13-8-4-6-11-5-2-3-7-12(11)13/h2-9H,1H3,(H2,16,17). The molecule has 4 heteroatoms. The number of benzene rings is 2. The molecular formula is C15H13N3O. The van der Waals surface area contributed by atoms with Gasteiger partial charge < -0.3 is 5.21 Å². The molecule has 0 fully saturated rings. The van der Waals surface area contributed by atoms with E-state index in [-0.39, 0.29) is 5.95 Å². The van der Waals surface area contributed by atoms with Crippen molar-refractivity contribution in [1.29, 1.82) is 0 Å². The van der Waals surface area contributed by atoms with Crippen molar-refractivity contribution in [3.8, 4) is 11.3 Å². The Morgan fingerprint density at radius 3 is 2.63 bits per heavy atom. The van der Waals surface area contributed by atoms with Crippen LogP contribution in [0.5, 0.6) is 0 Å². The van der Waals surface area contributed by atoms with Crippen LogP contribution in [0, 0.1) is 12.1 Å². The fraction of sp³-hybridized carbons (Fsp3) is 0.0667. The van der Waals surface area contributed by atoms with Crippen LogP contribution in [0.1, 0.15) is 5.69 Å². The number of aryl methyl sites for hydroxylation is 1. The summed E-state index contributed by atoms with van der Waals surface area (Å²) in [5.74, 6) is -0.0251. The molecule has 0 bridgehead atoms. The van der Waals surface area contributed by atoms with Crippen molar-refractivity contribution in [2.24, 2.45) is 0 Å². The smallest absolute Gasteiger partial charge is 0.390 e. The molecule has 1 heterocycles. The van der Waals surface area contributed by atoms with E-state index in [4.69, 9.17) is 5.73 Å². The maximum Gasteiger partial charge on any atom is 0.390 e. The molecule has 3 aromatic rings. The molecule has 0 aliphatic heterocycles. The predicted octanol–water partition coefficient (Wildman–Crippen LogP) is 2.43. The number of anilines is 1. The van der Waals surface area contributed by atoms with E-state index in [1.54, 1.807) is 13.0 Å². The zero-order valence-electron chi connectivity index (χ0n) is 10.5. The molecule has 0 spiro atoms. The van der Waals surface area contributed by atoms with Gasteiger partial charge in [0.1, 0.15) is 0 Å². The van der Waals surface area contributed by atoms with Gasteiger partial charge in [-0.25, -0.2) is 4.73 Å². The summed E-state index contributed by atoms with van der Waals surface area (Å²) in [6.45, 7) is 1.72. The second kappa shape index (κ2) is 4.24. The molecular weight excluding hydrogens is 238 g/mol. The highest BCUT2D eigenvalue weighted by Gasteiger charge is 2.12. The van der Waals surface area contributed by atoms with Crippen LogP contribution >= 0.6 is 0 Å². The van der Waals surface area contributed by atoms with Gasteiger partial charge in [0.15, 0.2) is 5.69 Å². The van der Waals surface area contributed by atoms with Gasteiger partial charge in [0.2, 0.25) is 0 Å². The van der Waals surface area contributed by atoms with Crippen molar-refractivity contribution in [3.05, 3.63) is 59.4 Å². The van der Waals surface area contributed by atoms with Crippen LogP contribution in [0.4, 0.5) is 5.95 Å². The van der Waals surface area contributed by atoms with Crippen LogP contribution in [-0.4, -0.2) is 4.98 Å². The highest BCUT2D eigenvalue weighted by Crippen LogP contribution is 2.27. The first-order chi connectivity index (χ1) is 9.16. The van der Waals surface area contributed by atoms with Gasteiger partial charge in [-0.05, 0) is 17.7 Å². The molecule has 0 amide bonds. The zero-order valence-corrected chi connectivity index (χ0v) is 10.5. The number of fused-ring (bicyclic) bond motifs is 1. The Morgan fingerprint density at radius 2 is 1.84 bits per heavy atom. The lowest BCUT2D eigenvalue weighted by Gasteiger charge is -2.10. The van der Waals surface area contributed by atoms with Gasteiger partial charge in [-0.2, -0.15) is 0 Å². The van der Waals surface area contributed by atoms with E-state index in [0.717, 1.165) is 22.0 Å². The summed E-state index contributed by atoms with van der Waals surface area (Å²) in [4.78, 5) is 4.18. The Bertz CT molecular complexity index is 740. The molecule has 19 heavy (non-hydrogen) atoms. The lowest BCUT2D eigenvalue weighted by atomic mass is 10.0. The highest BCUT2D eigenvalue weighted by molar-refractivity contribution is 5.95. The summed E-state index contributed by atoms with van der Waals surface area (Å²) in [7, 11) is 0. The molecule has 0 saturated heterocycles. The number of nitrogens with zero attached hydrogens (tertiary/aromatic N) is 2. The van der Waals surface area contributed by atoms with Gasteiger partial charge in [-0.3, -0.25) is 5.73 Å². The lowest BCUT2D eigenvalue weighted by Crippen LogP contribution is -2.35. The van der Waals surface area contributed by atoms with Crippen molar-refractivity contribution < 1.29 is 4.73 Å². The quantitative estimate of drug-likeness (QED) is 0.533. The Balaban J connectivity index is 2.31. The van der Waals surface area contributed by atoms with Gasteiger partial charge in [0.05, 0.1) is 5.69 Å². The SMILES string of the molecule is Cc1cc(-c2cccc3ccccc23)nc(N)[n+]1[O-]. The van der Waals surface area contributed by atoms with E-state index < -0.39 is 0 Å². The van der Waals surface area contributed by atoms with Gasteiger partial charge in [0, 0.05) is 11.6 Å². The maximum absolute atomic E-state index is 11.5. The summed E-state index contributed by atoms with van der Waals surface area (Å²) >= 11 is 0. The summed E-state index contributed by atoms with van der Waals surface area (Å²) in [5.41, 5.74) is 7.88. The molecule has 0 aliphatic carbocycles. The highest BCUT2D eigenvalue weighted by atomic mass is 16.5. The Hall–Kier alpha value is -2.62. The van der Waals surface area contributed by atoms with Gasteiger partial charge in [-0.1, -0.05) is 47.4 Å². The van der Waals surface area contributed by atoms with E-state index in [9.17, 15) is 5.21 Å². The van der Waals surface area contributed by atoms with Gasteiger partial charge >= 0.3 is 5.95 Å². The molecule has 0 radical (unpaired) electrons. The third-order valence-corrected chi connectivity index (χ3v) is 3.17. The number of rotatable bonds is 1. The predicted molar refractivity (Wildman–Crippen MR) is 75.3 cm³/mol. The van der Waals surface area contributed by atoms with Crippen molar-refractivity contribution in [3.63, 3.8) is 0 Å². The molecule has 0 aliphatic rings. The number of hydrogen-bond donors (Lipinski definition) is 1. The number of aromatic nitrogens is 2. The van der Waals surface area contributed by atoms with E-state index >= 15 is 0 Å². The van der Waals surface area contributed by atoms with Gasteiger partial charge in [0.25, 0.3) is 0 Å². The largest absolute Gasteiger partial charge is 0.740 e. The fourth-order valence-electron chi connectivity index (χ4n) is 2.23. The molecule has 0 unspecified atom stereocenters. The minimum Gasteiger partial charge on any atom is -0.740 e. The minimum absolute atomic E-state index is 0.0251. The maximum atomic E-state index is 11.5. The summed E-state index contributed by atoms with van der Waals surface area (Å²) in [6.07, 6.45) is 0. The number of hydrogen-bond acceptors (Lipinski definition) is 3. The first-order valence-electron chi connectivity index (χ1n) is 6.01. The third-order valence-electron chi connectivity index (χ3n) is 3.17. The average molecular weight is 251 g/mol. The van der Waals surface area contributed by atoms with Gasteiger partial charge in [-0.15, -0.1) is 0 Å². The minimum atomic E-state index is -0.0251. The third kappa shape index (κ3) is 1.87. The van der Waals surface area contributed by atoms with E-state index in [0.29, 0.717) is 10.4 Å². The van der Waals surface area contributed by atoms with Crippen molar-refractivity contribution >= 4 is 16.7 Å². The first kappa shape index (κ1) is 11.5. The van der Waals surface area contributed by atoms with Crippen LogP contribution in [0.15, 0.2) is 48.5 Å².